The largest absolute Gasteiger partial charge is 0.495 e. The van der Waals surface area contributed by atoms with Crippen molar-refractivity contribution in [2.45, 2.75) is 20.5 Å². The second kappa shape index (κ2) is 10.0. The van der Waals surface area contributed by atoms with Gasteiger partial charge in [0.25, 0.3) is 5.91 Å². The summed E-state index contributed by atoms with van der Waals surface area (Å²) in [5.74, 6) is 1.75. The summed E-state index contributed by atoms with van der Waals surface area (Å²) < 4.78 is 16.8. The van der Waals surface area contributed by atoms with Gasteiger partial charge >= 0.3 is 0 Å². The lowest BCUT2D eigenvalue weighted by atomic mass is 10.1. The van der Waals surface area contributed by atoms with Crippen molar-refractivity contribution in [3.63, 3.8) is 0 Å². The number of rotatable bonds is 8. The quantitative estimate of drug-likeness (QED) is 0.489. The van der Waals surface area contributed by atoms with Gasteiger partial charge < -0.3 is 19.5 Å². The molecule has 6 heteroatoms. The fraction of sp³-hybridized carbons (Fsp3) is 0.208. The second-order valence-corrected chi connectivity index (χ2v) is 7.07. The Balaban J connectivity index is 1.78. The predicted octanol–water partition coefficient (Wildman–Crippen LogP) is 5.89. The van der Waals surface area contributed by atoms with E-state index < -0.39 is 0 Å². The molecule has 1 N–H and O–H groups in total. The molecular formula is C24H24ClNO4. The summed E-state index contributed by atoms with van der Waals surface area (Å²) in [4.78, 5) is 12.8. The number of hydrogen-bond acceptors (Lipinski definition) is 4. The van der Waals surface area contributed by atoms with Crippen LogP contribution in [0.15, 0.2) is 60.7 Å². The highest BCUT2D eigenvalue weighted by Crippen LogP contribution is 2.28. The summed E-state index contributed by atoms with van der Waals surface area (Å²) in [6, 6.07) is 18.2. The molecule has 0 unspecified atom stereocenters. The average molecular weight is 426 g/mol. The number of halogens is 1. The average Bonchev–Trinajstić information content (AvgIpc) is 2.73. The molecule has 0 saturated carbocycles. The van der Waals surface area contributed by atoms with Gasteiger partial charge in [0.15, 0.2) is 0 Å². The van der Waals surface area contributed by atoms with Crippen molar-refractivity contribution in [3.05, 3.63) is 82.4 Å². The van der Waals surface area contributed by atoms with Crippen molar-refractivity contribution in [2.75, 3.05) is 19.0 Å². The third kappa shape index (κ3) is 5.45. The molecule has 1 amide bonds. The Morgan fingerprint density at radius 3 is 2.50 bits per heavy atom. The maximum Gasteiger partial charge on any atom is 0.255 e. The molecule has 3 aromatic rings. The number of benzene rings is 3. The molecule has 30 heavy (non-hydrogen) atoms. The van der Waals surface area contributed by atoms with Crippen LogP contribution in [0.5, 0.6) is 17.2 Å². The fourth-order valence-electron chi connectivity index (χ4n) is 2.94. The van der Waals surface area contributed by atoms with Crippen LogP contribution in [0.4, 0.5) is 5.69 Å². The molecule has 3 aromatic carbocycles. The predicted molar refractivity (Wildman–Crippen MR) is 119 cm³/mol. The van der Waals surface area contributed by atoms with E-state index in [1.165, 1.54) is 0 Å². The van der Waals surface area contributed by atoms with Crippen molar-refractivity contribution in [1.29, 1.82) is 0 Å². The van der Waals surface area contributed by atoms with Gasteiger partial charge in [0.2, 0.25) is 0 Å². The van der Waals surface area contributed by atoms with Gasteiger partial charge in [-0.05, 0) is 67.9 Å². The zero-order valence-electron chi connectivity index (χ0n) is 17.2. The van der Waals surface area contributed by atoms with E-state index in [9.17, 15) is 4.79 Å². The number of amides is 1. The molecule has 0 saturated heterocycles. The topological polar surface area (TPSA) is 56.8 Å². The number of aryl methyl sites for hydroxylation is 1. The number of methoxy groups -OCH3 is 1. The van der Waals surface area contributed by atoms with Gasteiger partial charge in [-0.2, -0.15) is 0 Å². The summed E-state index contributed by atoms with van der Waals surface area (Å²) in [7, 11) is 1.54. The van der Waals surface area contributed by atoms with Crippen molar-refractivity contribution >= 4 is 23.2 Å². The smallest absolute Gasteiger partial charge is 0.255 e. The lowest BCUT2D eigenvalue weighted by Gasteiger charge is -2.14. The number of carbonyl (C=O) groups is 1. The zero-order chi connectivity index (χ0) is 21.5. The second-order valence-electron chi connectivity index (χ2n) is 6.66. The van der Waals surface area contributed by atoms with Crippen LogP contribution in [0, 0.1) is 6.92 Å². The first-order valence-electron chi connectivity index (χ1n) is 9.60. The molecule has 5 nitrogen and oxygen atoms in total. The van der Waals surface area contributed by atoms with Gasteiger partial charge in [0.1, 0.15) is 23.9 Å². The minimum Gasteiger partial charge on any atom is -0.495 e. The van der Waals surface area contributed by atoms with Gasteiger partial charge in [-0.3, -0.25) is 4.79 Å². The SMILES string of the molecule is CCOc1ccc(C(=O)Nc2ccc(OC)c(Cl)c2)cc1COc1cccc(C)c1. The Morgan fingerprint density at radius 2 is 1.80 bits per heavy atom. The molecule has 0 radical (unpaired) electrons. The summed E-state index contributed by atoms with van der Waals surface area (Å²) in [5, 5.41) is 3.27. The van der Waals surface area contributed by atoms with E-state index in [1.807, 2.05) is 38.1 Å². The molecule has 0 aliphatic rings. The van der Waals surface area contributed by atoms with Crippen LogP contribution in [0.25, 0.3) is 0 Å². The summed E-state index contributed by atoms with van der Waals surface area (Å²) in [5.41, 5.74) is 2.98. The van der Waals surface area contributed by atoms with Gasteiger partial charge in [-0.15, -0.1) is 0 Å². The first kappa shape index (κ1) is 21.5. The van der Waals surface area contributed by atoms with E-state index >= 15 is 0 Å². The lowest BCUT2D eigenvalue weighted by molar-refractivity contribution is 0.102. The van der Waals surface area contributed by atoms with E-state index in [4.69, 9.17) is 25.8 Å². The van der Waals surface area contributed by atoms with Crippen LogP contribution in [-0.4, -0.2) is 19.6 Å². The normalized spacial score (nSPS) is 10.4. The monoisotopic (exact) mass is 425 g/mol. The number of carbonyl (C=O) groups excluding carboxylic acids is 1. The molecule has 0 fully saturated rings. The van der Waals surface area contributed by atoms with Crippen LogP contribution in [-0.2, 0) is 6.61 Å². The Morgan fingerprint density at radius 1 is 1.00 bits per heavy atom. The van der Waals surface area contributed by atoms with Crippen LogP contribution in [0.1, 0.15) is 28.4 Å². The highest BCUT2D eigenvalue weighted by Gasteiger charge is 2.13. The highest BCUT2D eigenvalue weighted by atomic mass is 35.5. The fourth-order valence-corrected chi connectivity index (χ4v) is 3.20. The van der Waals surface area contributed by atoms with Crippen molar-refractivity contribution in [2.24, 2.45) is 0 Å². The minimum absolute atomic E-state index is 0.254. The van der Waals surface area contributed by atoms with E-state index in [1.54, 1.807) is 43.5 Å². The van der Waals surface area contributed by atoms with E-state index in [0.29, 0.717) is 34.4 Å². The maximum absolute atomic E-state index is 12.8. The van der Waals surface area contributed by atoms with Crippen molar-refractivity contribution < 1.29 is 19.0 Å². The molecule has 0 heterocycles. The van der Waals surface area contributed by atoms with Gasteiger partial charge in [-0.25, -0.2) is 0 Å². The standard InChI is InChI=1S/C24H24ClNO4/c1-4-29-22-10-8-17(13-18(22)15-30-20-7-5-6-16(2)12-20)24(27)26-19-9-11-23(28-3)21(25)14-19/h5-14H,4,15H2,1-3H3,(H,26,27). The Labute approximate surface area is 181 Å². The molecule has 3 rings (SSSR count). The molecule has 0 spiro atoms. The van der Waals surface area contributed by atoms with Gasteiger partial charge in [0, 0.05) is 16.8 Å². The van der Waals surface area contributed by atoms with Crippen molar-refractivity contribution in [1.82, 2.24) is 0 Å². The molecular weight excluding hydrogens is 402 g/mol. The molecule has 0 aliphatic carbocycles. The molecule has 0 bridgehead atoms. The molecule has 156 valence electrons. The van der Waals surface area contributed by atoms with E-state index in [-0.39, 0.29) is 12.5 Å². The highest BCUT2D eigenvalue weighted by molar-refractivity contribution is 6.32. The lowest BCUT2D eigenvalue weighted by Crippen LogP contribution is -2.13. The van der Waals surface area contributed by atoms with Gasteiger partial charge in [0.05, 0.1) is 18.7 Å². The van der Waals surface area contributed by atoms with Crippen LogP contribution in [0.2, 0.25) is 5.02 Å². The minimum atomic E-state index is -0.254. The maximum atomic E-state index is 12.8. The van der Waals surface area contributed by atoms with Crippen LogP contribution in [0.3, 0.4) is 0 Å². The van der Waals surface area contributed by atoms with Crippen LogP contribution >= 0.6 is 11.6 Å². The third-order valence-corrected chi connectivity index (χ3v) is 4.71. The summed E-state index contributed by atoms with van der Waals surface area (Å²) in [6.07, 6.45) is 0. The van der Waals surface area contributed by atoms with Crippen LogP contribution < -0.4 is 19.5 Å². The number of ether oxygens (including phenoxy) is 3. The Kier molecular flexibility index (Phi) is 7.20. The number of anilines is 1. The Hall–Kier alpha value is -3.18. The molecule has 0 aromatic heterocycles. The van der Waals surface area contributed by atoms with E-state index in [2.05, 4.69) is 5.32 Å². The van der Waals surface area contributed by atoms with E-state index in [0.717, 1.165) is 16.9 Å². The first-order chi connectivity index (χ1) is 14.5. The van der Waals surface area contributed by atoms with Gasteiger partial charge in [-0.1, -0.05) is 23.7 Å². The Bertz CT molecular complexity index is 1040. The third-order valence-electron chi connectivity index (χ3n) is 4.42. The number of hydrogen-bond donors (Lipinski definition) is 1. The summed E-state index contributed by atoms with van der Waals surface area (Å²) in [6.45, 7) is 4.73. The molecule has 0 atom stereocenters. The summed E-state index contributed by atoms with van der Waals surface area (Å²) >= 11 is 6.14. The first-order valence-corrected chi connectivity index (χ1v) is 9.98. The van der Waals surface area contributed by atoms with Crippen molar-refractivity contribution in [3.8, 4) is 17.2 Å². The number of nitrogens with one attached hydrogen (secondary N) is 1. The zero-order valence-corrected chi connectivity index (χ0v) is 18.0. The molecule has 0 aliphatic heterocycles.